The first kappa shape index (κ1) is 19.7. The van der Waals surface area contributed by atoms with Gasteiger partial charge in [-0.2, -0.15) is 0 Å². The summed E-state index contributed by atoms with van der Waals surface area (Å²) in [4.78, 5) is 25.4. The quantitative estimate of drug-likeness (QED) is 0.811. The van der Waals surface area contributed by atoms with E-state index in [4.69, 9.17) is 0 Å². The lowest BCUT2D eigenvalue weighted by atomic mass is 9.79. The molecule has 1 aliphatic carbocycles. The predicted molar refractivity (Wildman–Crippen MR) is 99.1 cm³/mol. The number of carboxylic acids is 1. The van der Waals surface area contributed by atoms with Gasteiger partial charge in [0.1, 0.15) is 6.04 Å². The maximum Gasteiger partial charge on any atom is 0.320 e. The maximum atomic E-state index is 12.4. The van der Waals surface area contributed by atoms with Crippen LogP contribution in [0, 0.1) is 0 Å². The van der Waals surface area contributed by atoms with E-state index in [-0.39, 0.29) is 30.3 Å². The van der Waals surface area contributed by atoms with Crippen LogP contribution in [0.1, 0.15) is 44.1 Å². The average molecular weight is 367 g/mol. The van der Waals surface area contributed by atoms with Gasteiger partial charge < -0.3 is 10.4 Å². The summed E-state index contributed by atoms with van der Waals surface area (Å²) in [6.45, 7) is 1.51. The Balaban J connectivity index is 0.00000225. The number of hydrogen-bond acceptors (Lipinski definition) is 3. The minimum absolute atomic E-state index is 0. The highest BCUT2D eigenvalue weighted by Gasteiger charge is 2.36. The van der Waals surface area contributed by atoms with E-state index in [1.165, 1.54) is 18.4 Å². The van der Waals surface area contributed by atoms with Gasteiger partial charge in [0.2, 0.25) is 5.91 Å². The van der Waals surface area contributed by atoms with E-state index in [0.717, 1.165) is 19.3 Å². The van der Waals surface area contributed by atoms with Gasteiger partial charge in [0.25, 0.3) is 0 Å². The van der Waals surface area contributed by atoms with Crippen LogP contribution < -0.4 is 5.32 Å². The van der Waals surface area contributed by atoms with E-state index in [1.807, 2.05) is 6.07 Å². The number of aliphatic carboxylic acids is 1. The number of benzene rings is 1. The molecule has 1 saturated heterocycles. The first-order valence-corrected chi connectivity index (χ1v) is 8.90. The van der Waals surface area contributed by atoms with Crippen LogP contribution in [0.15, 0.2) is 30.3 Å². The number of nitrogens with zero attached hydrogens (tertiary/aromatic N) is 1. The summed E-state index contributed by atoms with van der Waals surface area (Å²) in [5, 5.41) is 12.3. The summed E-state index contributed by atoms with van der Waals surface area (Å²) in [6.07, 6.45) is 6.06. The number of halogens is 1. The molecule has 0 aromatic heterocycles. The Labute approximate surface area is 155 Å². The van der Waals surface area contributed by atoms with E-state index in [1.54, 1.807) is 4.90 Å². The lowest BCUT2D eigenvalue weighted by molar-refractivity contribution is -0.142. The molecule has 1 amide bonds. The molecule has 2 N–H and O–H groups in total. The first-order chi connectivity index (χ1) is 11.6. The van der Waals surface area contributed by atoms with E-state index < -0.39 is 12.0 Å². The van der Waals surface area contributed by atoms with Crippen molar-refractivity contribution in [3.05, 3.63) is 35.9 Å². The van der Waals surface area contributed by atoms with Crippen molar-refractivity contribution in [2.45, 2.75) is 50.0 Å². The van der Waals surface area contributed by atoms with Gasteiger partial charge in [-0.1, -0.05) is 43.2 Å². The summed E-state index contributed by atoms with van der Waals surface area (Å²) >= 11 is 0. The molecule has 6 heteroatoms. The van der Waals surface area contributed by atoms with Crippen molar-refractivity contribution in [3.63, 3.8) is 0 Å². The van der Waals surface area contributed by atoms with E-state index >= 15 is 0 Å². The Morgan fingerprint density at radius 1 is 1.16 bits per heavy atom. The Hall–Kier alpha value is -1.59. The molecule has 1 saturated carbocycles. The number of amides is 1. The minimum atomic E-state index is -0.822. The average Bonchev–Trinajstić information content (AvgIpc) is 3.24. The monoisotopic (exact) mass is 366 g/mol. The van der Waals surface area contributed by atoms with Gasteiger partial charge in [0.15, 0.2) is 0 Å². The molecule has 138 valence electrons. The fraction of sp³-hybridized carbons (Fsp3) is 0.579. The van der Waals surface area contributed by atoms with Crippen LogP contribution in [0.5, 0.6) is 0 Å². The molecule has 1 aliphatic heterocycles. The lowest BCUT2D eigenvalue weighted by Crippen LogP contribution is -2.46. The zero-order valence-electron chi connectivity index (χ0n) is 14.4. The van der Waals surface area contributed by atoms with Gasteiger partial charge in [-0.15, -0.1) is 12.4 Å². The zero-order valence-corrected chi connectivity index (χ0v) is 15.3. The van der Waals surface area contributed by atoms with Crippen molar-refractivity contribution in [1.82, 2.24) is 10.2 Å². The number of carboxylic acid groups (broad SMARTS) is 1. The molecule has 0 spiro atoms. The fourth-order valence-corrected chi connectivity index (χ4v) is 4.21. The normalized spacial score (nSPS) is 22.3. The van der Waals surface area contributed by atoms with Crippen LogP contribution in [0.25, 0.3) is 0 Å². The molecule has 5 nitrogen and oxygen atoms in total. The largest absolute Gasteiger partial charge is 0.480 e. The van der Waals surface area contributed by atoms with Gasteiger partial charge >= 0.3 is 5.97 Å². The number of likely N-dealkylation sites (tertiary alicyclic amines) is 1. The molecule has 1 aromatic rings. The second-order valence-electron chi connectivity index (χ2n) is 7.10. The number of carbonyl (C=O) groups excluding carboxylic acids is 1. The third-order valence-corrected chi connectivity index (χ3v) is 5.57. The zero-order chi connectivity index (χ0) is 17.0. The van der Waals surface area contributed by atoms with E-state index in [9.17, 15) is 14.7 Å². The highest BCUT2D eigenvalue weighted by Crippen LogP contribution is 2.40. The highest BCUT2D eigenvalue weighted by atomic mass is 35.5. The Morgan fingerprint density at radius 3 is 2.48 bits per heavy atom. The van der Waals surface area contributed by atoms with Gasteiger partial charge in [0, 0.05) is 12.0 Å². The molecular formula is C19H27ClN2O3. The van der Waals surface area contributed by atoms with Crippen molar-refractivity contribution in [3.8, 4) is 0 Å². The molecule has 3 rings (SSSR count). The molecular weight excluding hydrogens is 340 g/mol. The third-order valence-electron chi connectivity index (χ3n) is 5.57. The van der Waals surface area contributed by atoms with Gasteiger partial charge in [-0.05, 0) is 37.8 Å². The Kier molecular flexibility index (Phi) is 6.85. The summed E-state index contributed by atoms with van der Waals surface area (Å²) in [5.74, 6) is -0.887. The Bertz CT molecular complexity index is 588. The maximum absolute atomic E-state index is 12.4. The number of carbonyl (C=O) groups is 2. The molecule has 2 fully saturated rings. The van der Waals surface area contributed by atoms with Crippen LogP contribution in [0.2, 0.25) is 0 Å². The number of nitrogens with one attached hydrogen (secondary N) is 1. The molecule has 1 unspecified atom stereocenters. The third kappa shape index (κ3) is 4.53. The van der Waals surface area contributed by atoms with Crippen LogP contribution in [-0.4, -0.2) is 47.6 Å². The second kappa shape index (κ2) is 8.68. The summed E-state index contributed by atoms with van der Waals surface area (Å²) < 4.78 is 0. The van der Waals surface area contributed by atoms with Crippen LogP contribution >= 0.6 is 12.4 Å². The predicted octanol–water partition coefficient (Wildman–Crippen LogP) is 2.59. The standard InChI is InChI=1S/C19H26N2O3.ClH/c22-17(13-21-12-6-9-16(21)18(23)24)20-14-19(10-4-5-11-19)15-7-2-1-3-8-15;/h1-3,7-8,16H,4-6,9-14H2,(H,20,22)(H,23,24);1H. The van der Waals surface area contributed by atoms with Crippen molar-refractivity contribution in [2.24, 2.45) is 0 Å². The first-order valence-electron chi connectivity index (χ1n) is 8.90. The lowest BCUT2D eigenvalue weighted by Gasteiger charge is -2.30. The van der Waals surface area contributed by atoms with Crippen LogP contribution in [-0.2, 0) is 15.0 Å². The number of rotatable bonds is 6. The molecule has 1 atom stereocenters. The van der Waals surface area contributed by atoms with Crippen molar-refractivity contribution in [2.75, 3.05) is 19.6 Å². The van der Waals surface area contributed by atoms with Crippen molar-refractivity contribution >= 4 is 24.3 Å². The fourth-order valence-electron chi connectivity index (χ4n) is 4.21. The van der Waals surface area contributed by atoms with Gasteiger partial charge in [-0.25, -0.2) is 0 Å². The SMILES string of the molecule is Cl.O=C(CN1CCCC1C(=O)O)NCC1(c2ccccc2)CCCC1. The topological polar surface area (TPSA) is 69.6 Å². The van der Waals surface area contributed by atoms with E-state index in [2.05, 4.69) is 29.6 Å². The molecule has 2 aliphatic rings. The highest BCUT2D eigenvalue weighted by molar-refractivity contribution is 5.85. The molecule has 25 heavy (non-hydrogen) atoms. The van der Waals surface area contributed by atoms with Gasteiger partial charge in [0.05, 0.1) is 6.54 Å². The molecule has 1 aromatic carbocycles. The second-order valence-corrected chi connectivity index (χ2v) is 7.10. The molecule has 1 heterocycles. The smallest absolute Gasteiger partial charge is 0.320 e. The van der Waals surface area contributed by atoms with Crippen LogP contribution in [0.3, 0.4) is 0 Å². The van der Waals surface area contributed by atoms with E-state index in [0.29, 0.717) is 19.5 Å². The van der Waals surface area contributed by atoms with Gasteiger partial charge in [-0.3, -0.25) is 14.5 Å². The van der Waals surface area contributed by atoms with Crippen LogP contribution in [0.4, 0.5) is 0 Å². The minimum Gasteiger partial charge on any atom is -0.480 e. The summed E-state index contributed by atoms with van der Waals surface area (Å²) in [5.41, 5.74) is 1.33. The van der Waals surface area contributed by atoms with Crippen molar-refractivity contribution < 1.29 is 14.7 Å². The summed E-state index contributed by atoms with van der Waals surface area (Å²) in [7, 11) is 0. The molecule has 0 bridgehead atoms. The Morgan fingerprint density at radius 2 is 1.84 bits per heavy atom. The van der Waals surface area contributed by atoms with Crippen molar-refractivity contribution in [1.29, 1.82) is 0 Å². The summed E-state index contributed by atoms with van der Waals surface area (Å²) in [6, 6.07) is 9.92. The number of hydrogen-bond donors (Lipinski definition) is 2. The molecule has 0 radical (unpaired) electrons.